The second-order valence-electron chi connectivity index (χ2n) is 14.5. The molecule has 4 aliphatic rings. The van der Waals surface area contributed by atoms with E-state index >= 15 is 4.79 Å². The van der Waals surface area contributed by atoms with E-state index in [0.717, 1.165) is 10.6 Å². The number of Topliss-reactive ketones (excluding diaryl/α,β-unsaturated/α-hetero) is 1. The van der Waals surface area contributed by atoms with Crippen LogP contribution in [0.1, 0.15) is 52.7 Å². The molecule has 1 saturated carbocycles. The van der Waals surface area contributed by atoms with Crippen LogP contribution in [0.4, 0.5) is 11.4 Å². The summed E-state index contributed by atoms with van der Waals surface area (Å²) in [6.45, 7) is 3.39. The number of carbonyl (C=O) groups is 5. The minimum Gasteiger partial charge on any atom is -0.508 e. The number of allylic oxidation sites excluding steroid dienone is 2. The molecule has 4 amide bonds. The first-order chi connectivity index (χ1) is 26.0. The number of hydrazine groups is 1. The zero-order chi connectivity index (χ0) is 38.1. The first-order valence-corrected chi connectivity index (χ1v) is 17.9. The molecule has 11 nitrogen and oxygen atoms in total. The van der Waals surface area contributed by atoms with Gasteiger partial charge in [-0.15, -0.1) is 0 Å². The van der Waals surface area contributed by atoms with Gasteiger partial charge in [0.2, 0.25) is 11.8 Å². The highest BCUT2D eigenvalue weighted by Crippen LogP contribution is 2.66. The molecule has 0 bridgehead atoms. The Bertz CT molecular complexity index is 2230. The average Bonchev–Trinajstić information content (AvgIpc) is 3.56. The third kappa shape index (κ3) is 5.05. The van der Waals surface area contributed by atoms with Crippen LogP contribution in [0, 0.1) is 30.6 Å². The number of hydrogen-bond acceptors (Lipinski definition) is 9. The van der Waals surface area contributed by atoms with E-state index in [2.05, 4.69) is 5.43 Å². The number of carbonyl (C=O) groups excluding carboxylic acids is 5. The molecule has 0 spiro atoms. The minimum atomic E-state index is -1.56. The Morgan fingerprint density at radius 1 is 0.833 bits per heavy atom. The number of nitrogens with zero attached hydrogens (tertiary/aromatic N) is 2. The van der Waals surface area contributed by atoms with Crippen LogP contribution in [0.2, 0.25) is 0 Å². The number of benzene rings is 4. The predicted molar refractivity (Wildman–Crippen MR) is 199 cm³/mol. The van der Waals surface area contributed by atoms with Crippen LogP contribution in [-0.2, 0) is 24.6 Å². The normalized spacial score (nSPS) is 25.9. The van der Waals surface area contributed by atoms with Crippen molar-refractivity contribution in [2.75, 3.05) is 24.5 Å². The van der Waals surface area contributed by atoms with Crippen molar-refractivity contribution >= 4 is 40.8 Å². The van der Waals surface area contributed by atoms with Gasteiger partial charge in [-0.25, -0.2) is 0 Å². The zero-order valence-corrected chi connectivity index (χ0v) is 30.2. The van der Waals surface area contributed by atoms with Crippen LogP contribution in [0.3, 0.4) is 0 Å². The molecule has 0 aromatic heterocycles. The Balaban J connectivity index is 1.34. The highest BCUT2D eigenvalue weighted by Gasteiger charge is 2.71. The number of amides is 4. The smallest absolute Gasteiger partial charge is 0.260 e. The molecule has 11 heteroatoms. The fourth-order valence-corrected chi connectivity index (χ4v) is 9.37. The molecular weight excluding hydrogens is 686 g/mol. The molecule has 274 valence electrons. The first-order valence-electron chi connectivity index (χ1n) is 17.9. The van der Waals surface area contributed by atoms with Gasteiger partial charge in [-0.1, -0.05) is 59.7 Å². The number of hydrogen-bond donors (Lipinski definition) is 2. The molecule has 6 atom stereocenters. The summed E-state index contributed by atoms with van der Waals surface area (Å²) in [7, 11) is 2.91. The molecule has 0 radical (unpaired) electrons. The maximum absolute atomic E-state index is 15.5. The largest absolute Gasteiger partial charge is 0.508 e. The molecule has 2 aliphatic carbocycles. The van der Waals surface area contributed by atoms with Gasteiger partial charge in [-0.05, 0) is 74.6 Å². The number of aryl methyl sites for hydroxylation is 1. The summed E-state index contributed by atoms with van der Waals surface area (Å²) in [6, 6.07) is 25.8. The fraction of sp³-hybridized carbons (Fsp3) is 0.279. The second kappa shape index (κ2) is 13.0. The average molecular weight is 726 g/mol. The number of ketones is 1. The Hall–Kier alpha value is -6.23. The van der Waals surface area contributed by atoms with Crippen LogP contribution in [-0.4, -0.2) is 53.7 Å². The number of phenols is 1. The third-order valence-electron chi connectivity index (χ3n) is 11.7. The number of ether oxygens (including phenoxy) is 2. The Kier molecular flexibility index (Phi) is 8.39. The van der Waals surface area contributed by atoms with Crippen molar-refractivity contribution in [3.63, 3.8) is 0 Å². The number of aromatic hydroxyl groups is 1. The summed E-state index contributed by atoms with van der Waals surface area (Å²) >= 11 is 0. The fourth-order valence-electron chi connectivity index (χ4n) is 9.37. The lowest BCUT2D eigenvalue weighted by Gasteiger charge is -2.51. The van der Waals surface area contributed by atoms with E-state index in [1.807, 2.05) is 55.5 Å². The Morgan fingerprint density at radius 3 is 2.09 bits per heavy atom. The predicted octanol–water partition coefficient (Wildman–Crippen LogP) is 6.11. The number of rotatable bonds is 8. The third-order valence-corrected chi connectivity index (χ3v) is 11.7. The second-order valence-corrected chi connectivity index (χ2v) is 14.5. The molecule has 6 unspecified atom stereocenters. The molecule has 3 fully saturated rings. The first kappa shape index (κ1) is 34.8. The maximum Gasteiger partial charge on any atom is 0.260 e. The van der Waals surface area contributed by atoms with E-state index in [4.69, 9.17) is 9.47 Å². The summed E-state index contributed by atoms with van der Waals surface area (Å²) in [5.74, 6) is -5.61. The molecule has 8 rings (SSSR count). The van der Waals surface area contributed by atoms with E-state index in [1.54, 1.807) is 36.4 Å². The number of fused-ring (bicyclic) bond motifs is 4. The van der Waals surface area contributed by atoms with Gasteiger partial charge in [0.1, 0.15) is 17.2 Å². The highest BCUT2D eigenvalue weighted by molar-refractivity contribution is 6.22. The summed E-state index contributed by atoms with van der Waals surface area (Å²) in [5, 5.41) is 11.8. The molecule has 2 N–H and O–H groups in total. The van der Waals surface area contributed by atoms with Gasteiger partial charge in [0.05, 0.1) is 48.8 Å². The molecule has 2 saturated heterocycles. The number of anilines is 2. The van der Waals surface area contributed by atoms with Crippen molar-refractivity contribution in [3.05, 3.63) is 125 Å². The van der Waals surface area contributed by atoms with Crippen LogP contribution in [0.15, 0.2) is 103 Å². The SMILES string of the molecule is COc1cc(O)cc(OC)c1C1C2=CCC3C(=O)N(c4ccc(C(C)=O)cc4)C(=O)C3C2CC2C(=O)N(Nc3ccc(C)cc3)C(=O)C21c1ccccc1. The van der Waals surface area contributed by atoms with Crippen molar-refractivity contribution in [2.45, 2.75) is 38.0 Å². The van der Waals surface area contributed by atoms with Crippen molar-refractivity contribution in [2.24, 2.45) is 23.7 Å². The quantitative estimate of drug-likeness (QED) is 0.125. The Morgan fingerprint density at radius 2 is 1.48 bits per heavy atom. The molecule has 4 aromatic rings. The summed E-state index contributed by atoms with van der Waals surface area (Å²) in [5.41, 5.74) is 5.65. The number of methoxy groups -OCH3 is 2. The van der Waals surface area contributed by atoms with E-state index in [-0.39, 0.29) is 41.8 Å². The van der Waals surface area contributed by atoms with Crippen LogP contribution in [0.5, 0.6) is 17.2 Å². The highest BCUT2D eigenvalue weighted by atomic mass is 16.5. The van der Waals surface area contributed by atoms with Crippen molar-refractivity contribution in [1.29, 1.82) is 0 Å². The van der Waals surface area contributed by atoms with E-state index in [1.165, 1.54) is 38.2 Å². The van der Waals surface area contributed by atoms with Crippen LogP contribution >= 0.6 is 0 Å². The van der Waals surface area contributed by atoms with E-state index in [0.29, 0.717) is 33.6 Å². The number of phenolic OH excluding ortho intramolecular Hbond substituents is 1. The standard InChI is InChI=1S/C43H39N3O8/c1-23-10-14-27(15-11-23)44-46-40(50)33-22-32-30(18-19-31-36(32)41(51)45(39(31)49)28-16-12-25(13-17-28)24(2)47)38(37-34(53-3)20-29(48)21-35(37)54-4)43(33,42(46)52)26-8-6-5-7-9-26/h5-18,20-21,31-33,36,38,44,48H,19,22H2,1-4H3. The summed E-state index contributed by atoms with van der Waals surface area (Å²) < 4.78 is 11.8. The number of nitrogens with one attached hydrogen (secondary N) is 1. The van der Waals surface area contributed by atoms with Crippen molar-refractivity contribution < 1.29 is 38.6 Å². The van der Waals surface area contributed by atoms with Crippen molar-refractivity contribution in [3.8, 4) is 17.2 Å². The van der Waals surface area contributed by atoms with Gasteiger partial charge in [-0.2, -0.15) is 5.01 Å². The van der Waals surface area contributed by atoms with Gasteiger partial charge < -0.3 is 14.6 Å². The lowest BCUT2D eigenvalue weighted by molar-refractivity contribution is -0.138. The van der Waals surface area contributed by atoms with Gasteiger partial charge in [0.25, 0.3) is 11.8 Å². The Labute approximate surface area is 312 Å². The van der Waals surface area contributed by atoms with E-state index < -0.39 is 52.7 Å². The molecule has 4 aromatic carbocycles. The monoisotopic (exact) mass is 725 g/mol. The topological polar surface area (TPSA) is 143 Å². The van der Waals surface area contributed by atoms with Gasteiger partial charge in [0, 0.05) is 29.2 Å². The minimum absolute atomic E-state index is 0.105. The number of imide groups is 2. The summed E-state index contributed by atoms with van der Waals surface area (Å²) in [6.07, 6.45) is 2.27. The van der Waals surface area contributed by atoms with Crippen molar-refractivity contribution in [1.82, 2.24) is 5.01 Å². The zero-order valence-electron chi connectivity index (χ0n) is 30.2. The van der Waals surface area contributed by atoms with Crippen LogP contribution in [0.25, 0.3) is 0 Å². The summed E-state index contributed by atoms with van der Waals surface area (Å²) in [4.78, 5) is 72.4. The van der Waals surface area contributed by atoms with Gasteiger partial charge in [0.15, 0.2) is 5.78 Å². The van der Waals surface area contributed by atoms with Gasteiger partial charge in [-0.3, -0.25) is 34.3 Å². The molecule has 2 aliphatic heterocycles. The molecule has 2 heterocycles. The van der Waals surface area contributed by atoms with Crippen LogP contribution < -0.4 is 19.8 Å². The molecular formula is C43H39N3O8. The lowest BCUT2D eigenvalue weighted by atomic mass is 9.49. The molecule has 54 heavy (non-hydrogen) atoms. The lowest BCUT2D eigenvalue weighted by Crippen LogP contribution is -2.53. The maximum atomic E-state index is 15.5. The van der Waals surface area contributed by atoms with Gasteiger partial charge >= 0.3 is 0 Å². The van der Waals surface area contributed by atoms with E-state index in [9.17, 15) is 24.3 Å².